The highest BCUT2D eigenvalue weighted by Crippen LogP contribution is 2.40. The summed E-state index contributed by atoms with van der Waals surface area (Å²) in [6.07, 6.45) is -4.11. The Kier molecular flexibility index (Phi) is 5.31. The van der Waals surface area contributed by atoms with E-state index in [2.05, 4.69) is 10.6 Å². The number of hydrogen-bond donors (Lipinski definition) is 2. The zero-order valence-corrected chi connectivity index (χ0v) is 15.4. The highest BCUT2D eigenvalue weighted by molar-refractivity contribution is 6.03. The summed E-state index contributed by atoms with van der Waals surface area (Å²) in [6, 6.07) is 11.7. The lowest BCUT2D eigenvalue weighted by Gasteiger charge is -2.13. The van der Waals surface area contributed by atoms with E-state index in [1.165, 1.54) is 12.1 Å². The first-order valence-electron chi connectivity index (χ1n) is 8.71. The molecule has 0 heterocycles. The van der Waals surface area contributed by atoms with Crippen LogP contribution in [0.4, 0.5) is 30.2 Å². The van der Waals surface area contributed by atoms with Crippen LogP contribution in [0.15, 0.2) is 48.5 Å². The molecule has 8 heteroatoms. The Labute approximate surface area is 160 Å². The van der Waals surface area contributed by atoms with E-state index >= 15 is 0 Å². The average Bonchev–Trinajstić information content (AvgIpc) is 3.43. The molecule has 0 saturated heterocycles. The zero-order chi connectivity index (χ0) is 20.5. The van der Waals surface area contributed by atoms with Gasteiger partial charge in [-0.2, -0.15) is 13.2 Å². The van der Waals surface area contributed by atoms with Crippen molar-refractivity contribution >= 4 is 28.9 Å². The smallest absolute Gasteiger partial charge is 0.378 e. The maximum absolute atomic E-state index is 12.8. The number of halogens is 3. The van der Waals surface area contributed by atoms with E-state index in [9.17, 15) is 22.8 Å². The summed E-state index contributed by atoms with van der Waals surface area (Å²) < 4.78 is 38.3. The Hall–Kier alpha value is -3.03. The predicted molar refractivity (Wildman–Crippen MR) is 101 cm³/mol. The van der Waals surface area contributed by atoms with Crippen LogP contribution in [0, 0.1) is 11.8 Å². The van der Waals surface area contributed by atoms with Gasteiger partial charge in [0.2, 0.25) is 11.8 Å². The van der Waals surface area contributed by atoms with Crippen molar-refractivity contribution in [3.05, 3.63) is 54.1 Å². The first-order valence-corrected chi connectivity index (χ1v) is 8.71. The fourth-order valence-corrected chi connectivity index (χ4v) is 2.86. The predicted octanol–water partition coefficient (Wildman–Crippen LogP) is 3.98. The van der Waals surface area contributed by atoms with Gasteiger partial charge in [0.25, 0.3) is 0 Å². The molecule has 1 fully saturated rings. The lowest BCUT2D eigenvalue weighted by Crippen LogP contribution is -2.20. The van der Waals surface area contributed by atoms with E-state index in [1.807, 2.05) is 31.1 Å². The first-order chi connectivity index (χ1) is 13.1. The lowest BCUT2D eigenvalue weighted by atomic mass is 10.2. The van der Waals surface area contributed by atoms with E-state index in [1.54, 1.807) is 12.1 Å². The molecule has 2 unspecified atom stereocenters. The second-order valence-electron chi connectivity index (χ2n) is 6.95. The third-order valence-corrected chi connectivity index (χ3v) is 4.57. The maximum atomic E-state index is 12.8. The van der Waals surface area contributed by atoms with Crippen LogP contribution in [0.3, 0.4) is 0 Å². The molecule has 1 saturated carbocycles. The number of rotatable bonds is 5. The van der Waals surface area contributed by atoms with Crippen molar-refractivity contribution in [2.24, 2.45) is 11.8 Å². The van der Waals surface area contributed by atoms with Gasteiger partial charge in [-0.05, 0) is 48.9 Å². The van der Waals surface area contributed by atoms with Crippen molar-refractivity contribution in [3.63, 3.8) is 0 Å². The van der Waals surface area contributed by atoms with E-state index in [-0.39, 0.29) is 11.6 Å². The quantitative estimate of drug-likeness (QED) is 0.810. The van der Waals surface area contributed by atoms with Crippen molar-refractivity contribution in [3.8, 4) is 0 Å². The van der Waals surface area contributed by atoms with Crippen molar-refractivity contribution in [1.29, 1.82) is 0 Å². The minimum absolute atomic E-state index is 0.0603. The molecule has 148 valence electrons. The van der Waals surface area contributed by atoms with Crippen LogP contribution >= 0.6 is 0 Å². The molecule has 0 aliphatic heterocycles. The Balaban J connectivity index is 1.56. The van der Waals surface area contributed by atoms with Gasteiger partial charge >= 0.3 is 6.18 Å². The van der Waals surface area contributed by atoms with Crippen LogP contribution in [0.2, 0.25) is 0 Å². The molecule has 0 aromatic heterocycles. The number of carbonyl (C=O) groups excluding carboxylic acids is 2. The zero-order valence-electron chi connectivity index (χ0n) is 15.4. The molecule has 2 aromatic rings. The summed E-state index contributed by atoms with van der Waals surface area (Å²) in [5.74, 6) is -1.76. The molecule has 1 aliphatic rings. The summed E-state index contributed by atoms with van der Waals surface area (Å²) in [5.41, 5.74) is 0.837. The molecular weight excluding hydrogens is 371 g/mol. The topological polar surface area (TPSA) is 61.4 Å². The molecule has 0 radical (unpaired) electrons. The number of anilines is 3. The van der Waals surface area contributed by atoms with Gasteiger partial charge in [-0.1, -0.05) is 6.07 Å². The van der Waals surface area contributed by atoms with Gasteiger partial charge in [-0.3, -0.25) is 9.59 Å². The van der Waals surface area contributed by atoms with Crippen molar-refractivity contribution in [1.82, 2.24) is 0 Å². The Morgan fingerprint density at radius 1 is 0.929 bits per heavy atom. The Morgan fingerprint density at radius 2 is 1.50 bits per heavy atom. The molecule has 0 bridgehead atoms. The first kappa shape index (κ1) is 19.7. The van der Waals surface area contributed by atoms with Crippen LogP contribution in [0.1, 0.15) is 12.0 Å². The largest absolute Gasteiger partial charge is 0.416 e. The number of amides is 2. The minimum atomic E-state index is -4.48. The number of nitrogens with zero attached hydrogens (tertiary/aromatic N) is 1. The number of nitrogens with one attached hydrogen (secondary N) is 2. The third kappa shape index (κ3) is 4.62. The van der Waals surface area contributed by atoms with Crippen LogP contribution in [0.25, 0.3) is 0 Å². The van der Waals surface area contributed by atoms with E-state index in [0.29, 0.717) is 12.1 Å². The second-order valence-corrected chi connectivity index (χ2v) is 6.95. The summed E-state index contributed by atoms with van der Waals surface area (Å²) in [6.45, 7) is 0. The second kappa shape index (κ2) is 7.53. The van der Waals surface area contributed by atoms with E-state index in [4.69, 9.17) is 0 Å². The third-order valence-electron chi connectivity index (χ3n) is 4.57. The molecular formula is C20H20F3N3O2. The van der Waals surface area contributed by atoms with Crippen LogP contribution in [-0.4, -0.2) is 25.9 Å². The maximum Gasteiger partial charge on any atom is 0.416 e. The number of carbonyl (C=O) groups is 2. The molecule has 2 amide bonds. The highest BCUT2D eigenvalue weighted by Gasteiger charge is 2.48. The molecule has 5 nitrogen and oxygen atoms in total. The van der Waals surface area contributed by atoms with Gasteiger partial charge in [0.15, 0.2) is 0 Å². The fourth-order valence-electron chi connectivity index (χ4n) is 2.86. The normalized spacial score (nSPS) is 18.3. The van der Waals surface area contributed by atoms with Crippen molar-refractivity contribution in [2.45, 2.75) is 12.6 Å². The molecule has 2 atom stereocenters. The van der Waals surface area contributed by atoms with Gasteiger partial charge in [0.05, 0.1) is 17.4 Å². The molecule has 2 N–H and O–H groups in total. The molecule has 2 aromatic carbocycles. The van der Waals surface area contributed by atoms with E-state index in [0.717, 1.165) is 17.8 Å². The minimum Gasteiger partial charge on any atom is -0.378 e. The van der Waals surface area contributed by atoms with Crippen molar-refractivity contribution < 1.29 is 22.8 Å². The molecule has 0 spiro atoms. The molecule has 28 heavy (non-hydrogen) atoms. The molecule has 1 aliphatic carbocycles. The van der Waals surface area contributed by atoms with Crippen LogP contribution < -0.4 is 15.5 Å². The van der Waals surface area contributed by atoms with Crippen LogP contribution in [0.5, 0.6) is 0 Å². The summed E-state index contributed by atoms with van der Waals surface area (Å²) in [4.78, 5) is 26.5. The number of hydrogen-bond acceptors (Lipinski definition) is 3. The Bertz CT molecular complexity index is 879. The SMILES string of the molecule is CN(C)c1ccc(NC(=O)C2CC2C(=O)Nc2cccc(C(F)(F)F)c2)cc1. The van der Waals surface area contributed by atoms with Gasteiger partial charge < -0.3 is 15.5 Å². The van der Waals surface area contributed by atoms with Gasteiger partial charge in [-0.15, -0.1) is 0 Å². The summed E-state index contributed by atoms with van der Waals surface area (Å²) in [5, 5.41) is 5.22. The van der Waals surface area contributed by atoms with Crippen molar-refractivity contribution in [2.75, 3.05) is 29.6 Å². The average molecular weight is 391 g/mol. The summed E-state index contributed by atoms with van der Waals surface area (Å²) >= 11 is 0. The molecule has 3 rings (SSSR count). The monoisotopic (exact) mass is 391 g/mol. The Morgan fingerprint density at radius 3 is 2.04 bits per heavy atom. The van der Waals surface area contributed by atoms with Gasteiger partial charge in [0, 0.05) is 31.2 Å². The standard InChI is InChI=1S/C20H20F3N3O2/c1-26(2)15-8-6-13(7-9-15)24-18(27)16-11-17(16)19(28)25-14-5-3-4-12(10-14)20(21,22)23/h3-10,16-17H,11H2,1-2H3,(H,24,27)(H,25,28). The number of alkyl halides is 3. The number of benzene rings is 2. The lowest BCUT2D eigenvalue weighted by molar-refractivity contribution is -0.137. The highest BCUT2D eigenvalue weighted by atomic mass is 19.4. The van der Waals surface area contributed by atoms with Gasteiger partial charge in [0.1, 0.15) is 0 Å². The summed E-state index contributed by atoms with van der Waals surface area (Å²) in [7, 11) is 3.82. The van der Waals surface area contributed by atoms with Crippen LogP contribution in [-0.2, 0) is 15.8 Å². The van der Waals surface area contributed by atoms with Gasteiger partial charge in [-0.25, -0.2) is 0 Å². The fraction of sp³-hybridized carbons (Fsp3) is 0.300. The van der Waals surface area contributed by atoms with E-state index < -0.39 is 29.5 Å².